The maximum absolute atomic E-state index is 14.0. The number of carbonyl (C=O) groups is 1. The maximum Gasteiger partial charge on any atom is 0.273 e. The summed E-state index contributed by atoms with van der Waals surface area (Å²) in [6.45, 7) is 2.11. The van der Waals surface area contributed by atoms with E-state index in [1.165, 1.54) is 12.1 Å². The Labute approximate surface area is 151 Å². The predicted molar refractivity (Wildman–Crippen MR) is 94.9 cm³/mol. The fraction of sp³-hybridized carbons (Fsp3) is 0.400. The first kappa shape index (κ1) is 16.9. The monoisotopic (exact) mass is 357 g/mol. The molecule has 0 N–H and O–H groups in total. The van der Waals surface area contributed by atoms with Crippen LogP contribution < -0.4 is 4.90 Å². The Morgan fingerprint density at radius 3 is 2.62 bits per heavy atom. The van der Waals surface area contributed by atoms with Gasteiger partial charge in [-0.3, -0.25) is 9.78 Å². The summed E-state index contributed by atoms with van der Waals surface area (Å²) in [7, 11) is 0. The van der Waals surface area contributed by atoms with E-state index in [0.717, 1.165) is 50.5 Å². The van der Waals surface area contributed by atoms with E-state index < -0.39 is 11.6 Å². The lowest BCUT2D eigenvalue weighted by Crippen LogP contribution is -2.33. The van der Waals surface area contributed by atoms with Crippen molar-refractivity contribution in [1.82, 2.24) is 9.88 Å². The van der Waals surface area contributed by atoms with Crippen molar-refractivity contribution in [2.24, 2.45) is 0 Å². The first-order chi connectivity index (χ1) is 12.6. The molecule has 136 valence electrons. The van der Waals surface area contributed by atoms with E-state index in [0.29, 0.717) is 11.3 Å². The van der Waals surface area contributed by atoms with Crippen LogP contribution in [-0.4, -0.2) is 34.9 Å². The lowest BCUT2D eigenvalue weighted by molar-refractivity contribution is 0.0722. The van der Waals surface area contributed by atoms with E-state index in [4.69, 9.17) is 0 Å². The van der Waals surface area contributed by atoms with Crippen molar-refractivity contribution in [3.05, 3.63) is 59.4 Å². The summed E-state index contributed by atoms with van der Waals surface area (Å²) in [4.78, 5) is 21.2. The summed E-state index contributed by atoms with van der Waals surface area (Å²) in [5.74, 6) is -1.44. The normalized spacial score (nSPS) is 16.8. The molecule has 1 aromatic heterocycles. The number of aromatic nitrogens is 1. The fourth-order valence-electron chi connectivity index (χ4n) is 3.44. The minimum Gasteiger partial charge on any atom is -0.371 e. The van der Waals surface area contributed by atoms with Crippen LogP contribution in [0.25, 0.3) is 0 Å². The summed E-state index contributed by atoms with van der Waals surface area (Å²) >= 11 is 0. The van der Waals surface area contributed by atoms with E-state index in [2.05, 4.69) is 9.88 Å². The molecule has 2 fully saturated rings. The minimum absolute atomic E-state index is 0.101. The number of hydrogen-bond acceptors (Lipinski definition) is 3. The Kier molecular flexibility index (Phi) is 4.57. The van der Waals surface area contributed by atoms with Crippen LogP contribution >= 0.6 is 0 Å². The second-order valence-corrected chi connectivity index (χ2v) is 6.99. The molecule has 26 heavy (non-hydrogen) atoms. The zero-order valence-corrected chi connectivity index (χ0v) is 14.5. The highest BCUT2D eigenvalue weighted by Gasteiger charge is 2.34. The molecular formula is C20H21F2N3O. The summed E-state index contributed by atoms with van der Waals surface area (Å²) in [6.07, 6.45) is 5.78. The molecule has 2 heterocycles. The Morgan fingerprint density at radius 1 is 1.15 bits per heavy atom. The number of halogens is 2. The van der Waals surface area contributed by atoms with E-state index in [-0.39, 0.29) is 18.5 Å². The molecular weight excluding hydrogens is 336 g/mol. The highest BCUT2D eigenvalue weighted by molar-refractivity contribution is 5.93. The van der Waals surface area contributed by atoms with Gasteiger partial charge in [-0.25, -0.2) is 8.78 Å². The highest BCUT2D eigenvalue weighted by atomic mass is 19.1. The Balaban J connectivity index is 1.57. The van der Waals surface area contributed by atoms with Gasteiger partial charge in [-0.1, -0.05) is 6.07 Å². The standard InChI is InChI=1S/C20H21F2N3O/c21-15-4-3-14(18(22)11-15)13-25(16-5-6-16)20(26)19-12-17(7-8-23-19)24-9-1-2-10-24/h3-4,7-8,11-12,16H,1-2,5-6,9-10,13H2. The van der Waals surface area contributed by atoms with Gasteiger partial charge < -0.3 is 9.80 Å². The van der Waals surface area contributed by atoms with E-state index in [9.17, 15) is 13.6 Å². The van der Waals surface area contributed by atoms with Gasteiger partial charge in [0.05, 0.1) is 0 Å². The molecule has 0 bridgehead atoms. The molecule has 1 amide bonds. The molecule has 2 aliphatic rings. The average molecular weight is 357 g/mol. The van der Waals surface area contributed by atoms with Crippen LogP contribution in [0.5, 0.6) is 0 Å². The SMILES string of the molecule is O=C(c1cc(N2CCCC2)ccn1)N(Cc1ccc(F)cc1F)C1CC1. The molecule has 0 unspecified atom stereocenters. The third-order valence-corrected chi connectivity index (χ3v) is 5.04. The number of benzene rings is 1. The summed E-state index contributed by atoms with van der Waals surface area (Å²) in [5, 5.41) is 0. The summed E-state index contributed by atoms with van der Waals surface area (Å²) < 4.78 is 27.2. The van der Waals surface area contributed by atoms with Crippen molar-refractivity contribution < 1.29 is 13.6 Å². The molecule has 0 atom stereocenters. The van der Waals surface area contributed by atoms with E-state index in [1.54, 1.807) is 11.1 Å². The van der Waals surface area contributed by atoms with Crippen molar-refractivity contribution in [2.75, 3.05) is 18.0 Å². The fourth-order valence-corrected chi connectivity index (χ4v) is 3.44. The summed E-state index contributed by atoms with van der Waals surface area (Å²) in [5.41, 5.74) is 1.70. The number of hydrogen-bond donors (Lipinski definition) is 0. The van der Waals surface area contributed by atoms with Crippen LogP contribution in [0, 0.1) is 11.6 Å². The van der Waals surface area contributed by atoms with Crippen molar-refractivity contribution >= 4 is 11.6 Å². The quantitative estimate of drug-likeness (QED) is 0.817. The van der Waals surface area contributed by atoms with E-state index in [1.807, 2.05) is 12.1 Å². The first-order valence-electron chi connectivity index (χ1n) is 9.08. The molecule has 4 nitrogen and oxygen atoms in total. The molecule has 0 radical (unpaired) electrons. The molecule has 6 heteroatoms. The smallest absolute Gasteiger partial charge is 0.273 e. The van der Waals surface area contributed by atoms with Crippen LogP contribution in [0.4, 0.5) is 14.5 Å². The maximum atomic E-state index is 14.0. The van der Waals surface area contributed by atoms with Crippen LogP contribution in [-0.2, 0) is 6.54 Å². The second kappa shape index (κ2) is 7.02. The number of carbonyl (C=O) groups excluding carboxylic acids is 1. The van der Waals surface area contributed by atoms with Gasteiger partial charge in [-0.15, -0.1) is 0 Å². The van der Waals surface area contributed by atoms with Crippen LogP contribution in [0.3, 0.4) is 0 Å². The topological polar surface area (TPSA) is 36.4 Å². The molecule has 1 aliphatic heterocycles. The van der Waals surface area contributed by atoms with Gasteiger partial charge in [0.1, 0.15) is 17.3 Å². The van der Waals surface area contributed by atoms with Gasteiger partial charge >= 0.3 is 0 Å². The van der Waals surface area contributed by atoms with Crippen LogP contribution in [0.15, 0.2) is 36.5 Å². The molecule has 1 aliphatic carbocycles. The molecule has 1 saturated heterocycles. The zero-order valence-electron chi connectivity index (χ0n) is 14.5. The molecule has 1 saturated carbocycles. The minimum atomic E-state index is -0.623. The van der Waals surface area contributed by atoms with Gasteiger partial charge in [0, 0.05) is 49.2 Å². The molecule has 1 aromatic carbocycles. The van der Waals surface area contributed by atoms with Gasteiger partial charge in [-0.2, -0.15) is 0 Å². The third kappa shape index (κ3) is 3.54. The van der Waals surface area contributed by atoms with Crippen molar-refractivity contribution in [2.45, 2.75) is 38.3 Å². The van der Waals surface area contributed by atoms with Gasteiger partial charge in [0.25, 0.3) is 5.91 Å². The van der Waals surface area contributed by atoms with E-state index >= 15 is 0 Å². The van der Waals surface area contributed by atoms with Crippen molar-refractivity contribution in [3.63, 3.8) is 0 Å². The zero-order chi connectivity index (χ0) is 18.1. The average Bonchev–Trinajstić information content (AvgIpc) is 3.33. The van der Waals surface area contributed by atoms with Crippen LogP contribution in [0.1, 0.15) is 41.7 Å². The Bertz CT molecular complexity index is 816. The van der Waals surface area contributed by atoms with Gasteiger partial charge in [-0.05, 0) is 43.9 Å². The lowest BCUT2D eigenvalue weighted by atomic mass is 10.1. The predicted octanol–water partition coefficient (Wildman–Crippen LogP) is 3.76. The van der Waals surface area contributed by atoms with Crippen molar-refractivity contribution in [3.8, 4) is 0 Å². The highest BCUT2D eigenvalue weighted by Crippen LogP contribution is 2.31. The Morgan fingerprint density at radius 2 is 1.92 bits per heavy atom. The lowest BCUT2D eigenvalue weighted by Gasteiger charge is -2.23. The number of nitrogens with zero attached hydrogens (tertiary/aromatic N) is 3. The second-order valence-electron chi connectivity index (χ2n) is 6.99. The number of anilines is 1. The number of pyridine rings is 1. The molecule has 0 spiro atoms. The van der Waals surface area contributed by atoms with Crippen LogP contribution in [0.2, 0.25) is 0 Å². The number of amides is 1. The van der Waals surface area contributed by atoms with Gasteiger partial charge in [0.15, 0.2) is 0 Å². The number of rotatable bonds is 5. The molecule has 2 aromatic rings. The third-order valence-electron chi connectivity index (χ3n) is 5.04. The van der Waals surface area contributed by atoms with Gasteiger partial charge in [0.2, 0.25) is 0 Å². The molecule has 4 rings (SSSR count). The Hall–Kier alpha value is -2.50. The summed E-state index contributed by atoms with van der Waals surface area (Å²) in [6, 6.07) is 7.33. The van der Waals surface area contributed by atoms with Crippen molar-refractivity contribution in [1.29, 1.82) is 0 Å². The first-order valence-corrected chi connectivity index (χ1v) is 9.08. The largest absolute Gasteiger partial charge is 0.371 e.